The van der Waals surface area contributed by atoms with E-state index >= 15 is 0 Å². The molecule has 4 aromatic rings. The number of para-hydroxylation sites is 1. The molecule has 2 aromatic carbocycles. The molecular weight excluding hydrogens is 411 g/mol. The maximum Gasteiger partial charge on any atom is 0.437 e. The molecule has 0 aliphatic carbocycles. The second-order valence-corrected chi connectivity index (χ2v) is 6.95. The van der Waals surface area contributed by atoms with Crippen molar-refractivity contribution >= 4 is 22.6 Å². The summed E-state index contributed by atoms with van der Waals surface area (Å²) in [7, 11) is 1.32. The first-order chi connectivity index (χ1) is 14.7. The summed E-state index contributed by atoms with van der Waals surface area (Å²) in [6, 6.07) is 13.2. The standard InChI is InChI=1S/C22H16F3N3O3/c1-12-17(29)14-9-6-10-15(19(14)31-18(12)13-7-4-3-5-8-13)21(30)26-16-11-28(2)27-20(16)22(23,24)25/h3-11H,1-2H3,(H,26,30). The number of hydrogen-bond acceptors (Lipinski definition) is 4. The van der Waals surface area contributed by atoms with Crippen molar-refractivity contribution in [2.75, 3.05) is 5.32 Å². The summed E-state index contributed by atoms with van der Waals surface area (Å²) >= 11 is 0. The van der Waals surface area contributed by atoms with Crippen molar-refractivity contribution < 1.29 is 22.4 Å². The fourth-order valence-corrected chi connectivity index (χ4v) is 3.33. The highest BCUT2D eigenvalue weighted by Gasteiger charge is 2.37. The van der Waals surface area contributed by atoms with Crippen molar-refractivity contribution in [3.63, 3.8) is 0 Å². The average Bonchev–Trinajstić information content (AvgIpc) is 3.11. The molecule has 158 valence electrons. The van der Waals surface area contributed by atoms with Crippen molar-refractivity contribution in [1.82, 2.24) is 9.78 Å². The van der Waals surface area contributed by atoms with Gasteiger partial charge in [0.15, 0.2) is 16.7 Å². The van der Waals surface area contributed by atoms with Crippen LogP contribution in [0.4, 0.5) is 18.9 Å². The lowest BCUT2D eigenvalue weighted by Crippen LogP contribution is -2.17. The third-order valence-electron chi connectivity index (χ3n) is 4.77. The van der Waals surface area contributed by atoms with Crippen LogP contribution in [0.5, 0.6) is 0 Å². The number of benzene rings is 2. The molecule has 0 fully saturated rings. The van der Waals surface area contributed by atoms with Gasteiger partial charge in [-0.15, -0.1) is 0 Å². The summed E-state index contributed by atoms with van der Waals surface area (Å²) in [4.78, 5) is 25.8. The Balaban J connectivity index is 1.85. The van der Waals surface area contributed by atoms with E-state index in [-0.39, 0.29) is 27.7 Å². The number of carbonyl (C=O) groups excluding carboxylic acids is 1. The highest BCUT2D eigenvalue weighted by Crippen LogP contribution is 2.34. The molecule has 2 aromatic heterocycles. The Labute approximate surface area is 173 Å². The topological polar surface area (TPSA) is 77.1 Å². The average molecular weight is 427 g/mol. The summed E-state index contributed by atoms with van der Waals surface area (Å²) in [6.45, 7) is 1.62. The molecule has 0 aliphatic rings. The second-order valence-electron chi connectivity index (χ2n) is 6.95. The smallest absolute Gasteiger partial charge is 0.437 e. The summed E-state index contributed by atoms with van der Waals surface area (Å²) in [5.41, 5.74) is -1.10. The van der Waals surface area contributed by atoms with E-state index in [4.69, 9.17) is 4.42 Å². The summed E-state index contributed by atoms with van der Waals surface area (Å²) in [6.07, 6.45) is -3.69. The van der Waals surface area contributed by atoms with Gasteiger partial charge in [0.25, 0.3) is 5.91 Å². The van der Waals surface area contributed by atoms with E-state index in [0.717, 1.165) is 10.9 Å². The van der Waals surface area contributed by atoms with E-state index in [1.807, 2.05) is 6.07 Å². The largest absolute Gasteiger partial charge is 0.455 e. The van der Waals surface area contributed by atoms with E-state index in [2.05, 4.69) is 10.4 Å². The lowest BCUT2D eigenvalue weighted by molar-refractivity contribution is -0.140. The van der Waals surface area contributed by atoms with Gasteiger partial charge in [-0.05, 0) is 19.1 Å². The molecule has 6 nitrogen and oxygen atoms in total. The van der Waals surface area contributed by atoms with Gasteiger partial charge < -0.3 is 9.73 Å². The third kappa shape index (κ3) is 3.70. The molecule has 0 aliphatic heterocycles. The molecule has 0 spiro atoms. The molecule has 31 heavy (non-hydrogen) atoms. The predicted octanol–water partition coefficient (Wildman–Crippen LogP) is 4.77. The van der Waals surface area contributed by atoms with Gasteiger partial charge in [-0.25, -0.2) is 0 Å². The molecule has 1 N–H and O–H groups in total. The van der Waals surface area contributed by atoms with Crippen LogP contribution in [0.2, 0.25) is 0 Å². The van der Waals surface area contributed by atoms with Crippen LogP contribution < -0.4 is 10.7 Å². The van der Waals surface area contributed by atoms with E-state index in [1.54, 1.807) is 31.2 Å². The number of hydrogen-bond donors (Lipinski definition) is 1. The molecule has 0 atom stereocenters. The van der Waals surface area contributed by atoms with Gasteiger partial charge in [0, 0.05) is 24.4 Å². The van der Waals surface area contributed by atoms with Crippen molar-refractivity contribution in [1.29, 1.82) is 0 Å². The minimum Gasteiger partial charge on any atom is -0.455 e. The van der Waals surface area contributed by atoms with Gasteiger partial charge in [-0.1, -0.05) is 36.4 Å². The van der Waals surface area contributed by atoms with Crippen LogP contribution in [-0.4, -0.2) is 15.7 Å². The van der Waals surface area contributed by atoms with Gasteiger partial charge in [0.1, 0.15) is 5.76 Å². The summed E-state index contributed by atoms with van der Waals surface area (Å²) < 4.78 is 46.6. The molecule has 0 unspecified atom stereocenters. The van der Waals surface area contributed by atoms with E-state index in [0.29, 0.717) is 11.1 Å². The van der Waals surface area contributed by atoms with Gasteiger partial charge in [0.05, 0.1) is 16.6 Å². The first-order valence-electron chi connectivity index (χ1n) is 9.21. The Bertz CT molecular complexity index is 1360. The van der Waals surface area contributed by atoms with E-state index in [1.165, 1.54) is 25.2 Å². The van der Waals surface area contributed by atoms with Crippen LogP contribution >= 0.6 is 0 Å². The number of fused-ring (bicyclic) bond motifs is 1. The number of alkyl halides is 3. The molecule has 4 rings (SSSR count). The minimum absolute atomic E-state index is 0.00750. The number of anilines is 1. The quantitative estimate of drug-likeness (QED) is 0.511. The van der Waals surface area contributed by atoms with Crippen LogP contribution in [-0.2, 0) is 13.2 Å². The van der Waals surface area contributed by atoms with Crippen molar-refractivity contribution in [2.24, 2.45) is 7.05 Å². The molecule has 0 saturated carbocycles. The van der Waals surface area contributed by atoms with Gasteiger partial charge in [-0.3, -0.25) is 14.3 Å². The normalized spacial score (nSPS) is 11.6. The van der Waals surface area contributed by atoms with Gasteiger partial charge in [0.2, 0.25) is 0 Å². The highest BCUT2D eigenvalue weighted by molar-refractivity contribution is 6.11. The Morgan fingerprint density at radius 1 is 1.10 bits per heavy atom. The molecule has 2 heterocycles. The van der Waals surface area contributed by atoms with Crippen LogP contribution in [0.3, 0.4) is 0 Å². The molecular formula is C22H16F3N3O3. The zero-order valence-electron chi connectivity index (χ0n) is 16.4. The Morgan fingerprint density at radius 3 is 2.48 bits per heavy atom. The fourth-order valence-electron chi connectivity index (χ4n) is 3.33. The number of amides is 1. The van der Waals surface area contributed by atoms with Crippen molar-refractivity contribution in [3.05, 3.63) is 81.8 Å². The number of nitrogens with zero attached hydrogens (tertiary/aromatic N) is 2. The van der Waals surface area contributed by atoms with E-state index < -0.39 is 23.5 Å². The number of carbonyl (C=O) groups is 1. The number of rotatable bonds is 3. The minimum atomic E-state index is -4.74. The lowest BCUT2D eigenvalue weighted by atomic mass is 10.0. The summed E-state index contributed by atoms with van der Waals surface area (Å²) in [5.74, 6) is -0.564. The third-order valence-corrected chi connectivity index (χ3v) is 4.77. The molecule has 1 amide bonds. The second kappa shape index (κ2) is 7.42. The zero-order valence-corrected chi connectivity index (χ0v) is 16.4. The van der Waals surface area contributed by atoms with Crippen LogP contribution in [0.1, 0.15) is 21.6 Å². The molecule has 0 bridgehead atoms. The molecule has 0 saturated heterocycles. The van der Waals surface area contributed by atoms with Crippen LogP contribution in [0.25, 0.3) is 22.3 Å². The fraction of sp³-hybridized carbons (Fsp3) is 0.136. The van der Waals surface area contributed by atoms with E-state index in [9.17, 15) is 22.8 Å². The number of aromatic nitrogens is 2. The SMILES string of the molecule is Cc1c(-c2ccccc2)oc2c(C(=O)Nc3cn(C)nc3C(F)(F)F)cccc2c1=O. The monoisotopic (exact) mass is 427 g/mol. The van der Waals surface area contributed by atoms with Crippen molar-refractivity contribution in [2.45, 2.75) is 13.1 Å². The number of nitrogens with one attached hydrogen (secondary N) is 1. The first kappa shape index (κ1) is 20.4. The summed E-state index contributed by atoms with van der Waals surface area (Å²) in [5, 5.41) is 5.77. The number of halogens is 3. The first-order valence-corrected chi connectivity index (χ1v) is 9.21. The maximum absolute atomic E-state index is 13.2. The van der Waals surface area contributed by atoms with Crippen LogP contribution in [0.15, 0.2) is 63.9 Å². The Hall–Kier alpha value is -3.88. The van der Waals surface area contributed by atoms with Crippen LogP contribution in [0, 0.1) is 6.92 Å². The van der Waals surface area contributed by atoms with Gasteiger partial charge >= 0.3 is 6.18 Å². The molecule has 9 heteroatoms. The Kier molecular flexibility index (Phi) is 4.88. The Morgan fingerprint density at radius 2 is 1.81 bits per heavy atom. The van der Waals surface area contributed by atoms with Crippen molar-refractivity contribution in [3.8, 4) is 11.3 Å². The zero-order chi connectivity index (χ0) is 22.3. The lowest BCUT2D eigenvalue weighted by Gasteiger charge is -2.11. The predicted molar refractivity (Wildman–Crippen MR) is 109 cm³/mol. The number of aryl methyl sites for hydroxylation is 1. The molecule has 0 radical (unpaired) electrons. The maximum atomic E-state index is 13.2. The van der Waals surface area contributed by atoms with Gasteiger partial charge in [-0.2, -0.15) is 18.3 Å². The highest BCUT2D eigenvalue weighted by atomic mass is 19.4.